The number of methoxy groups -OCH3 is 1. The van der Waals surface area contributed by atoms with Gasteiger partial charge in [0.05, 0.1) is 17.9 Å². The van der Waals surface area contributed by atoms with Crippen molar-refractivity contribution in [3.63, 3.8) is 0 Å². The minimum atomic E-state index is -3.62. The van der Waals surface area contributed by atoms with E-state index in [1.807, 2.05) is 0 Å². The maximum Gasteiger partial charge on any atom is 0.243 e. The number of hydrogen-bond donors (Lipinski definition) is 1. The van der Waals surface area contributed by atoms with Gasteiger partial charge in [-0.05, 0) is 49.2 Å². The number of hydrogen-bond acceptors (Lipinski definition) is 4. The standard InChI is InChI=1S/C19H21BrN2O4S/c1-26-17-6-2-5-16(12-17)21-19(23)14-4-3-11-22(13-14)27(24,25)18-9-7-15(20)8-10-18/h2,5-10,12,14H,3-4,11,13H2,1H3,(H,21,23). The molecule has 0 radical (unpaired) electrons. The van der Waals surface area contributed by atoms with E-state index >= 15 is 0 Å². The van der Waals surface area contributed by atoms with Crippen molar-refractivity contribution < 1.29 is 17.9 Å². The van der Waals surface area contributed by atoms with Crippen molar-refractivity contribution in [2.45, 2.75) is 17.7 Å². The van der Waals surface area contributed by atoms with Crippen LogP contribution in [0.3, 0.4) is 0 Å². The summed E-state index contributed by atoms with van der Waals surface area (Å²) in [7, 11) is -2.05. The number of carbonyl (C=O) groups excluding carboxylic acids is 1. The molecular weight excluding hydrogens is 432 g/mol. The van der Waals surface area contributed by atoms with Crippen LogP contribution < -0.4 is 10.1 Å². The molecule has 2 aromatic rings. The number of rotatable bonds is 5. The largest absolute Gasteiger partial charge is 0.497 e. The Morgan fingerprint density at radius 2 is 1.96 bits per heavy atom. The van der Waals surface area contributed by atoms with Gasteiger partial charge in [-0.15, -0.1) is 0 Å². The lowest BCUT2D eigenvalue weighted by Gasteiger charge is -2.31. The van der Waals surface area contributed by atoms with Gasteiger partial charge in [0.25, 0.3) is 0 Å². The van der Waals surface area contributed by atoms with Crippen molar-refractivity contribution >= 4 is 37.5 Å². The van der Waals surface area contributed by atoms with Gasteiger partial charge in [-0.25, -0.2) is 8.42 Å². The summed E-state index contributed by atoms with van der Waals surface area (Å²) in [6.07, 6.45) is 1.30. The van der Waals surface area contributed by atoms with Gasteiger partial charge >= 0.3 is 0 Å². The van der Waals surface area contributed by atoms with Crippen LogP contribution in [0.25, 0.3) is 0 Å². The molecule has 1 saturated heterocycles. The topological polar surface area (TPSA) is 75.7 Å². The van der Waals surface area contributed by atoms with Crippen molar-refractivity contribution in [3.05, 3.63) is 53.0 Å². The van der Waals surface area contributed by atoms with E-state index in [1.165, 1.54) is 4.31 Å². The number of benzene rings is 2. The lowest BCUT2D eigenvalue weighted by atomic mass is 9.98. The Balaban J connectivity index is 1.71. The molecule has 1 amide bonds. The highest BCUT2D eigenvalue weighted by atomic mass is 79.9. The fourth-order valence-corrected chi connectivity index (χ4v) is 4.86. The summed E-state index contributed by atoms with van der Waals surface area (Å²) >= 11 is 3.31. The Bertz CT molecular complexity index is 916. The van der Waals surface area contributed by atoms with Crippen LogP contribution in [0.15, 0.2) is 57.9 Å². The summed E-state index contributed by atoms with van der Waals surface area (Å²) in [5.41, 5.74) is 0.632. The number of ether oxygens (including phenoxy) is 1. The summed E-state index contributed by atoms with van der Waals surface area (Å²) in [6, 6.07) is 13.6. The van der Waals surface area contributed by atoms with Gasteiger partial charge in [0.15, 0.2) is 0 Å². The minimum absolute atomic E-state index is 0.175. The van der Waals surface area contributed by atoms with E-state index in [0.717, 1.165) is 4.47 Å². The van der Waals surface area contributed by atoms with Crippen LogP contribution in [0.2, 0.25) is 0 Å². The third-order valence-electron chi connectivity index (χ3n) is 4.54. The van der Waals surface area contributed by atoms with Crippen LogP contribution in [-0.4, -0.2) is 38.8 Å². The Morgan fingerprint density at radius 1 is 1.22 bits per heavy atom. The smallest absolute Gasteiger partial charge is 0.243 e. The molecule has 3 rings (SSSR count). The average molecular weight is 453 g/mol. The predicted octanol–water partition coefficient (Wildman–Crippen LogP) is 3.50. The SMILES string of the molecule is COc1cccc(NC(=O)C2CCCN(S(=O)(=O)c3ccc(Br)cc3)C2)c1. The second kappa shape index (κ2) is 8.41. The summed E-state index contributed by atoms with van der Waals surface area (Å²) in [4.78, 5) is 12.9. The van der Waals surface area contributed by atoms with Gasteiger partial charge in [0.1, 0.15) is 5.75 Å². The second-order valence-corrected chi connectivity index (χ2v) is 9.23. The van der Waals surface area contributed by atoms with Crippen LogP contribution >= 0.6 is 15.9 Å². The van der Waals surface area contributed by atoms with Gasteiger partial charge in [-0.3, -0.25) is 4.79 Å². The lowest BCUT2D eigenvalue weighted by Crippen LogP contribution is -2.43. The Kier molecular flexibility index (Phi) is 6.18. The first-order valence-corrected chi connectivity index (χ1v) is 10.8. The summed E-state index contributed by atoms with van der Waals surface area (Å²) in [6.45, 7) is 0.593. The molecule has 0 spiro atoms. The molecule has 1 fully saturated rings. The van der Waals surface area contributed by atoms with Gasteiger partial charge in [0, 0.05) is 29.3 Å². The van der Waals surface area contributed by atoms with Crippen LogP contribution in [0.1, 0.15) is 12.8 Å². The molecule has 27 heavy (non-hydrogen) atoms. The molecule has 0 aliphatic carbocycles. The van der Waals surface area contributed by atoms with E-state index in [9.17, 15) is 13.2 Å². The lowest BCUT2D eigenvalue weighted by molar-refractivity contribution is -0.120. The number of halogens is 1. The van der Waals surface area contributed by atoms with E-state index in [-0.39, 0.29) is 17.3 Å². The number of sulfonamides is 1. The molecule has 6 nitrogen and oxygen atoms in total. The number of carbonyl (C=O) groups is 1. The molecule has 1 unspecified atom stereocenters. The molecule has 1 aliphatic rings. The normalized spacial score (nSPS) is 18.1. The summed E-state index contributed by atoms with van der Waals surface area (Å²) in [5, 5.41) is 2.86. The van der Waals surface area contributed by atoms with Gasteiger partial charge in [-0.2, -0.15) is 4.31 Å². The van der Waals surface area contributed by atoms with Crippen molar-refractivity contribution in [2.75, 3.05) is 25.5 Å². The third kappa shape index (κ3) is 4.69. The first-order chi connectivity index (χ1) is 12.9. The molecule has 0 bridgehead atoms. The van der Waals surface area contributed by atoms with E-state index in [2.05, 4.69) is 21.2 Å². The molecule has 0 saturated carbocycles. The number of piperidine rings is 1. The van der Waals surface area contributed by atoms with E-state index in [0.29, 0.717) is 30.8 Å². The highest BCUT2D eigenvalue weighted by Crippen LogP contribution is 2.26. The quantitative estimate of drug-likeness (QED) is 0.752. The Morgan fingerprint density at radius 3 is 2.67 bits per heavy atom. The zero-order valence-electron chi connectivity index (χ0n) is 14.9. The third-order valence-corrected chi connectivity index (χ3v) is 6.95. The monoisotopic (exact) mass is 452 g/mol. The second-order valence-electron chi connectivity index (χ2n) is 6.38. The van der Waals surface area contributed by atoms with Crippen LogP contribution in [0.4, 0.5) is 5.69 Å². The number of amides is 1. The van der Waals surface area contributed by atoms with Crippen LogP contribution in [0, 0.1) is 5.92 Å². The maximum atomic E-state index is 12.9. The van der Waals surface area contributed by atoms with E-state index in [4.69, 9.17) is 4.74 Å². The molecule has 1 aliphatic heterocycles. The molecule has 1 N–H and O–H groups in total. The molecule has 2 aromatic carbocycles. The van der Waals surface area contributed by atoms with Crippen LogP contribution in [0.5, 0.6) is 5.75 Å². The first-order valence-electron chi connectivity index (χ1n) is 8.61. The predicted molar refractivity (Wildman–Crippen MR) is 107 cm³/mol. The van der Waals surface area contributed by atoms with Crippen LogP contribution in [-0.2, 0) is 14.8 Å². The van der Waals surface area contributed by atoms with Crippen molar-refractivity contribution in [1.29, 1.82) is 0 Å². The fourth-order valence-electron chi connectivity index (χ4n) is 3.08. The van der Waals surface area contributed by atoms with Gasteiger partial charge < -0.3 is 10.1 Å². The highest BCUT2D eigenvalue weighted by molar-refractivity contribution is 9.10. The van der Waals surface area contributed by atoms with E-state index in [1.54, 1.807) is 55.6 Å². The summed E-state index contributed by atoms with van der Waals surface area (Å²) in [5.74, 6) is 0.0741. The van der Waals surface area contributed by atoms with E-state index < -0.39 is 15.9 Å². The van der Waals surface area contributed by atoms with Gasteiger partial charge in [-0.1, -0.05) is 22.0 Å². The zero-order valence-corrected chi connectivity index (χ0v) is 17.3. The number of nitrogens with zero attached hydrogens (tertiary/aromatic N) is 1. The number of nitrogens with one attached hydrogen (secondary N) is 1. The zero-order chi connectivity index (χ0) is 19.4. The molecule has 0 aromatic heterocycles. The Hall–Kier alpha value is -1.90. The van der Waals surface area contributed by atoms with Gasteiger partial charge in [0.2, 0.25) is 15.9 Å². The average Bonchev–Trinajstić information content (AvgIpc) is 2.68. The number of anilines is 1. The molecule has 1 atom stereocenters. The fraction of sp³-hybridized carbons (Fsp3) is 0.316. The molecule has 144 valence electrons. The molecule has 8 heteroatoms. The first kappa shape index (κ1) is 19.9. The van der Waals surface area contributed by atoms with Crippen molar-refractivity contribution in [3.8, 4) is 5.75 Å². The van der Waals surface area contributed by atoms with Crippen molar-refractivity contribution in [2.24, 2.45) is 5.92 Å². The molecular formula is C19H21BrN2O4S. The highest BCUT2D eigenvalue weighted by Gasteiger charge is 2.33. The minimum Gasteiger partial charge on any atom is -0.497 e. The maximum absolute atomic E-state index is 12.9. The molecule has 1 heterocycles. The van der Waals surface area contributed by atoms with Crippen molar-refractivity contribution in [1.82, 2.24) is 4.31 Å². The summed E-state index contributed by atoms with van der Waals surface area (Å²) < 4.78 is 33.1. The Labute approximate surface area is 167 Å².